The van der Waals surface area contributed by atoms with Crippen LogP contribution in [-0.2, 0) is 11.3 Å². The Hall–Kier alpha value is -1.52. The van der Waals surface area contributed by atoms with Crippen LogP contribution in [0, 0.1) is 5.82 Å². The van der Waals surface area contributed by atoms with Crippen molar-refractivity contribution in [2.45, 2.75) is 32.9 Å². The predicted octanol–water partition coefficient (Wildman–Crippen LogP) is 1.64. The second-order valence-electron chi connectivity index (χ2n) is 4.71. The van der Waals surface area contributed by atoms with Crippen LogP contribution in [0.4, 0.5) is 9.18 Å². The lowest BCUT2D eigenvalue weighted by Gasteiger charge is -2.19. The normalized spacial score (nSPS) is 11.1. The Kier molecular flexibility index (Phi) is 4.15. The first-order valence-electron chi connectivity index (χ1n) is 5.29. The van der Waals surface area contributed by atoms with Crippen LogP contribution in [0.25, 0.3) is 0 Å². The maximum Gasteiger partial charge on any atom is 0.407 e. The summed E-state index contributed by atoms with van der Waals surface area (Å²) in [4.78, 5) is 11.3. The summed E-state index contributed by atoms with van der Waals surface area (Å²) in [6.45, 7) is 5.35. The number of halogens is 1. The van der Waals surface area contributed by atoms with E-state index in [9.17, 15) is 9.18 Å². The van der Waals surface area contributed by atoms with E-state index in [1.807, 2.05) is 0 Å². The molecule has 0 unspecified atom stereocenters. The fraction of sp³-hybridized carbons (Fsp3) is 0.417. The zero-order chi connectivity index (χ0) is 13.1. The summed E-state index contributed by atoms with van der Waals surface area (Å²) in [6, 6.07) is 4.32. The van der Waals surface area contributed by atoms with Gasteiger partial charge in [0.15, 0.2) is 0 Å². The summed E-state index contributed by atoms with van der Waals surface area (Å²) < 4.78 is 18.4. The summed E-state index contributed by atoms with van der Waals surface area (Å²) in [5.74, 6) is -0.443. The van der Waals surface area contributed by atoms with Gasteiger partial charge >= 0.3 is 6.09 Å². The van der Waals surface area contributed by atoms with Gasteiger partial charge in [0.05, 0.1) is 0 Å². The molecule has 5 heteroatoms. The average molecular weight is 235 g/mol. The van der Waals surface area contributed by atoms with Crippen LogP contribution >= 0.6 is 0 Å². The molecule has 3 nitrogen and oxygen atoms in total. The topological polar surface area (TPSA) is 38.3 Å². The highest BCUT2D eigenvalue weighted by Crippen LogP contribution is 2.08. The van der Waals surface area contributed by atoms with Crippen LogP contribution in [0.2, 0.25) is 0 Å². The molecule has 0 fully saturated rings. The number of benzene rings is 1. The highest BCUT2D eigenvalue weighted by atomic mass is 19.1. The number of ether oxygens (including phenoxy) is 1. The van der Waals surface area contributed by atoms with Gasteiger partial charge in [-0.2, -0.15) is 0 Å². The Bertz CT molecular complexity index is 415. The number of amides is 1. The van der Waals surface area contributed by atoms with Crippen molar-refractivity contribution in [3.63, 3.8) is 0 Å². The zero-order valence-corrected chi connectivity index (χ0v) is 10.2. The lowest BCUT2D eigenvalue weighted by atomic mass is 9.95. The summed E-state index contributed by atoms with van der Waals surface area (Å²) in [5.41, 5.74) is 0.151. The van der Waals surface area contributed by atoms with Gasteiger partial charge in [0.1, 0.15) is 19.3 Å². The Morgan fingerprint density at radius 2 is 2.12 bits per heavy atom. The van der Waals surface area contributed by atoms with Gasteiger partial charge in [-0.1, -0.05) is 17.6 Å². The molecule has 1 aromatic carbocycles. The number of carbonyl (C=O) groups is 1. The number of carbonyl (C=O) groups excluding carboxylic acids is 1. The molecule has 0 aromatic heterocycles. The van der Waals surface area contributed by atoms with E-state index >= 15 is 0 Å². The van der Waals surface area contributed by atoms with E-state index in [0.717, 1.165) is 0 Å². The van der Waals surface area contributed by atoms with Crippen molar-refractivity contribution in [3.05, 3.63) is 29.6 Å². The first kappa shape index (κ1) is 13.5. The van der Waals surface area contributed by atoms with Crippen molar-refractivity contribution < 1.29 is 13.9 Å². The van der Waals surface area contributed by atoms with Crippen LogP contribution in [0.1, 0.15) is 26.3 Å². The molecule has 1 aromatic rings. The van der Waals surface area contributed by atoms with Crippen molar-refractivity contribution in [1.82, 2.24) is 5.32 Å². The number of alkyl carbamates (subject to hydrolysis) is 1. The van der Waals surface area contributed by atoms with Crippen molar-refractivity contribution in [1.29, 1.82) is 0 Å². The highest BCUT2D eigenvalue weighted by Gasteiger charge is 2.16. The molecule has 0 spiro atoms. The Morgan fingerprint density at radius 3 is 2.65 bits per heavy atom. The molecule has 0 saturated heterocycles. The minimum atomic E-state index is -0.575. The van der Waals surface area contributed by atoms with Gasteiger partial charge in [0.25, 0.3) is 0 Å². The molecule has 17 heavy (non-hydrogen) atoms. The van der Waals surface area contributed by atoms with Crippen LogP contribution in [0.3, 0.4) is 0 Å². The molecule has 1 N–H and O–H groups in total. The summed E-state index contributed by atoms with van der Waals surface area (Å²) in [7, 11) is 5.41. The maximum absolute atomic E-state index is 13.4. The van der Waals surface area contributed by atoms with Gasteiger partial charge < -0.3 is 10.1 Å². The van der Waals surface area contributed by atoms with E-state index in [1.54, 1.807) is 26.8 Å². The van der Waals surface area contributed by atoms with Gasteiger partial charge in [-0.05, 0) is 26.8 Å². The SMILES string of the molecule is [B]c1ccc(CNC(=O)OC(C)(C)C)c(F)c1. The fourth-order valence-corrected chi connectivity index (χ4v) is 1.19. The molecule has 90 valence electrons. The van der Waals surface area contributed by atoms with Crippen LogP contribution in [0.5, 0.6) is 0 Å². The van der Waals surface area contributed by atoms with E-state index in [1.165, 1.54) is 12.1 Å². The van der Waals surface area contributed by atoms with Crippen molar-refractivity contribution in [3.8, 4) is 0 Å². The fourth-order valence-electron chi connectivity index (χ4n) is 1.19. The lowest BCUT2D eigenvalue weighted by molar-refractivity contribution is 0.0523. The summed E-state index contributed by atoms with van der Waals surface area (Å²) >= 11 is 0. The first-order valence-corrected chi connectivity index (χ1v) is 5.29. The molecule has 0 saturated carbocycles. The third-order valence-electron chi connectivity index (χ3n) is 1.90. The molecule has 0 bridgehead atoms. The Labute approximate surface area is 102 Å². The molecule has 1 rings (SSSR count). The molecule has 2 radical (unpaired) electrons. The van der Waals surface area contributed by atoms with Gasteiger partial charge in [-0.15, -0.1) is 0 Å². The van der Waals surface area contributed by atoms with Crippen molar-refractivity contribution in [2.24, 2.45) is 0 Å². The van der Waals surface area contributed by atoms with E-state index < -0.39 is 17.5 Å². The maximum atomic E-state index is 13.4. The Morgan fingerprint density at radius 1 is 1.47 bits per heavy atom. The molecule has 0 aliphatic rings. The molecule has 0 aliphatic heterocycles. The quantitative estimate of drug-likeness (QED) is 0.791. The first-order chi connectivity index (χ1) is 7.78. The Balaban J connectivity index is 2.53. The summed E-state index contributed by atoms with van der Waals surface area (Å²) in [5, 5.41) is 2.47. The second-order valence-corrected chi connectivity index (χ2v) is 4.71. The van der Waals surface area contributed by atoms with Crippen molar-refractivity contribution in [2.75, 3.05) is 0 Å². The van der Waals surface area contributed by atoms with E-state index in [0.29, 0.717) is 11.0 Å². The molecular formula is C12H15BFNO2. The van der Waals surface area contributed by atoms with Gasteiger partial charge in [0.2, 0.25) is 0 Å². The monoisotopic (exact) mass is 235 g/mol. The van der Waals surface area contributed by atoms with E-state index in [2.05, 4.69) is 5.32 Å². The average Bonchev–Trinajstić information content (AvgIpc) is 2.13. The molecule has 0 atom stereocenters. The largest absolute Gasteiger partial charge is 0.444 e. The predicted molar refractivity (Wildman–Crippen MR) is 64.9 cm³/mol. The molecule has 0 aliphatic carbocycles. The van der Waals surface area contributed by atoms with Gasteiger partial charge in [-0.3, -0.25) is 0 Å². The highest BCUT2D eigenvalue weighted by molar-refractivity contribution is 6.32. The number of nitrogens with one attached hydrogen (secondary N) is 1. The van der Waals surface area contributed by atoms with Crippen molar-refractivity contribution >= 4 is 19.4 Å². The number of hydrogen-bond donors (Lipinski definition) is 1. The third kappa shape index (κ3) is 4.89. The van der Waals surface area contributed by atoms with E-state index in [4.69, 9.17) is 12.6 Å². The second kappa shape index (κ2) is 5.21. The van der Waals surface area contributed by atoms with E-state index in [-0.39, 0.29) is 6.54 Å². The zero-order valence-electron chi connectivity index (χ0n) is 10.2. The van der Waals surface area contributed by atoms with Gasteiger partial charge in [-0.25, -0.2) is 9.18 Å². The minimum absolute atomic E-state index is 0.0705. The lowest BCUT2D eigenvalue weighted by Crippen LogP contribution is -2.32. The third-order valence-corrected chi connectivity index (χ3v) is 1.90. The standard InChI is InChI=1S/C12H15BFNO2/c1-12(2,3)17-11(16)15-7-8-4-5-9(13)6-10(8)14/h4-6H,7H2,1-3H3,(H,15,16). The summed E-state index contributed by atoms with van der Waals surface area (Å²) in [6.07, 6.45) is -0.575. The van der Waals surface area contributed by atoms with Crippen LogP contribution in [0.15, 0.2) is 18.2 Å². The van der Waals surface area contributed by atoms with Crippen LogP contribution < -0.4 is 10.8 Å². The molecule has 0 heterocycles. The molecule has 1 amide bonds. The number of hydrogen-bond acceptors (Lipinski definition) is 2. The van der Waals surface area contributed by atoms with Crippen LogP contribution in [-0.4, -0.2) is 19.5 Å². The number of rotatable bonds is 2. The molecular weight excluding hydrogens is 220 g/mol. The smallest absolute Gasteiger partial charge is 0.407 e. The van der Waals surface area contributed by atoms with Gasteiger partial charge in [0, 0.05) is 12.1 Å². The minimum Gasteiger partial charge on any atom is -0.444 e.